The fourth-order valence-corrected chi connectivity index (χ4v) is 2.17. The second kappa shape index (κ2) is 8.41. The lowest BCUT2D eigenvalue weighted by molar-refractivity contribution is -0.384. The maximum atomic E-state index is 12.3. The topological polar surface area (TPSA) is 103 Å². The van der Waals surface area contributed by atoms with Gasteiger partial charge in [0.1, 0.15) is 5.69 Å². The van der Waals surface area contributed by atoms with E-state index in [0.717, 1.165) is 25.7 Å². The van der Waals surface area contributed by atoms with E-state index in [9.17, 15) is 14.9 Å². The number of hydrogen-bond donors (Lipinski definition) is 2. The van der Waals surface area contributed by atoms with Crippen molar-refractivity contribution in [1.82, 2.24) is 9.88 Å². The van der Waals surface area contributed by atoms with Crippen LogP contribution >= 0.6 is 0 Å². The summed E-state index contributed by atoms with van der Waals surface area (Å²) < 4.78 is 1.63. The molecule has 0 radical (unpaired) electrons. The van der Waals surface area contributed by atoms with Gasteiger partial charge in [-0.1, -0.05) is 26.7 Å². The van der Waals surface area contributed by atoms with Crippen LogP contribution in [0.15, 0.2) is 12.3 Å². The smallest absolute Gasteiger partial charge is 0.287 e. The lowest BCUT2D eigenvalue weighted by atomic mass is 10.1. The van der Waals surface area contributed by atoms with Crippen molar-refractivity contribution < 1.29 is 9.72 Å². The van der Waals surface area contributed by atoms with Gasteiger partial charge in [0.05, 0.1) is 11.1 Å². The van der Waals surface area contributed by atoms with E-state index in [4.69, 9.17) is 5.73 Å². The van der Waals surface area contributed by atoms with Crippen LogP contribution in [0, 0.1) is 10.1 Å². The molecule has 0 aliphatic rings. The van der Waals surface area contributed by atoms with E-state index in [-0.39, 0.29) is 17.6 Å². The van der Waals surface area contributed by atoms with Gasteiger partial charge in [0.2, 0.25) is 0 Å². The first-order valence-corrected chi connectivity index (χ1v) is 7.38. The van der Waals surface area contributed by atoms with Gasteiger partial charge in [-0.3, -0.25) is 14.9 Å². The molecule has 0 bridgehead atoms. The van der Waals surface area contributed by atoms with Gasteiger partial charge in [-0.25, -0.2) is 0 Å². The number of rotatable bonds is 9. The van der Waals surface area contributed by atoms with E-state index in [1.807, 2.05) is 6.92 Å². The van der Waals surface area contributed by atoms with E-state index in [1.54, 1.807) is 4.57 Å². The van der Waals surface area contributed by atoms with Gasteiger partial charge in [-0.15, -0.1) is 0 Å². The molecule has 1 unspecified atom stereocenters. The summed E-state index contributed by atoms with van der Waals surface area (Å²) in [4.78, 5) is 22.7. The van der Waals surface area contributed by atoms with Crippen molar-refractivity contribution in [3.05, 3.63) is 28.1 Å². The highest BCUT2D eigenvalue weighted by Gasteiger charge is 2.20. The molecule has 0 aromatic carbocycles. The number of nitrogens with zero attached hydrogens (tertiary/aromatic N) is 2. The number of nitro groups is 1. The molecule has 21 heavy (non-hydrogen) atoms. The molecule has 0 aliphatic heterocycles. The SMILES string of the molecule is CCCCC(CN)NC(=O)c1cc([N+](=O)[O-])cn1CCC. The second-order valence-corrected chi connectivity index (χ2v) is 5.08. The summed E-state index contributed by atoms with van der Waals surface area (Å²) in [6.07, 6.45) is 5.03. The van der Waals surface area contributed by atoms with E-state index in [1.165, 1.54) is 12.3 Å². The number of nitrogens with two attached hydrogens (primary N) is 1. The first-order valence-electron chi connectivity index (χ1n) is 7.38. The molecule has 3 N–H and O–H groups in total. The summed E-state index contributed by atoms with van der Waals surface area (Å²) >= 11 is 0. The first-order chi connectivity index (χ1) is 10.0. The first kappa shape index (κ1) is 17.2. The second-order valence-electron chi connectivity index (χ2n) is 5.08. The standard InChI is InChI=1S/C14H24N4O3/c1-3-5-6-11(9-15)16-14(19)13-8-12(18(20)21)10-17(13)7-4-2/h8,10-11H,3-7,9,15H2,1-2H3,(H,16,19). The van der Waals surface area contributed by atoms with Crippen LogP contribution in [-0.4, -0.2) is 28.0 Å². The van der Waals surface area contributed by atoms with Crippen LogP contribution < -0.4 is 11.1 Å². The van der Waals surface area contributed by atoms with Crippen molar-refractivity contribution in [2.24, 2.45) is 5.73 Å². The maximum Gasteiger partial charge on any atom is 0.287 e. The minimum absolute atomic E-state index is 0.0635. The molecule has 1 aromatic rings. The summed E-state index contributed by atoms with van der Waals surface area (Å²) in [5.74, 6) is -0.303. The summed E-state index contributed by atoms with van der Waals surface area (Å²) in [6.45, 7) is 4.96. The Bertz CT molecular complexity index is 485. The Kier molecular flexibility index (Phi) is 6.87. The third kappa shape index (κ3) is 4.86. The van der Waals surface area contributed by atoms with Crippen LogP contribution in [0.3, 0.4) is 0 Å². The zero-order valence-electron chi connectivity index (χ0n) is 12.7. The van der Waals surface area contributed by atoms with Crippen molar-refractivity contribution in [1.29, 1.82) is 0 Å². The quantitative estimate of drug-likeness (QED) is 0.537. The van der Waals surface area contributed by atoms with Crippen molar-refractivity contribution in [3.63, 3.8) is 0 Å². The predicted molar refractivity (Wildman–Crippen MR) is 81.2 cm³/mol. The number of carbonyl (C=O) groups excluding carboxylic acids is 1. The van der Waals surface area contributed by atoms with Crippen molar-refractivity contribution in [2.45, 2.75) is 52.1 Å². The third-order valence-corrected chi connectivity index (χ3v) is 3.32. The largest absolute Gasteiger partial charge is 0.347 e. The highest BCUT2D eigenvalue weighted by Crippen LogP contribution is 2.17. The zero-order chi connectivity index (χ0) is 15.8. The summed E-state index contributed by atoms with van der Waals surface area (Å²) in [7, 11) is 0. The normalized spacial score (nSPS) is 12.1. The average Bonchev–Trinajstić information content (AvgIpc) is 2.88. The number of aromatic nitrogens is 1. The predicted octanol–water partition coefficient (Wildman–Crippen LogP) is 2.05. The van der Waals surface area contributed by atoms with Gasteiger partial charge in [0.15, 0.2) is 0 Å². The van der Waals surface area contributed by atoms with Gasteiger partial charge in [0, 0.05) is 25.2 Å². The van der Waals surface area contributed by atoms with E-state index < -0.39 is 4.92 Å². The summed E-state index contributed by atoms with van der Waals surface area (Å²) in [5.41, 5.74) is 5.91. The lowest BCUT2D eigenvalue weighted by Gasteiger charge is -2.17. The number of nitrogens with one attached hydrogen (secondary N) is 1. The molecule has 118 valence electrons. The van der Waals surface area contributed by atoms with E-state index in [0.29, 0.717) is 18.8 Å². The molecule has 1 heterocycles. The van der Waals surface area contributed by atoms with E-state index >= 15 is 0 Å². The third-order valence-electron chi connectivity index (χ3n) is 3.32. The number of unbranched alkanes of at least 4 members (excludes halogenated alkanes) is 1. The molecule has 1 rings (SSSR count). The van der Waals surface area contributed by atoms with Crippen molar-refractivity contribution in [2.75, 3.05) is 6.54 Å². The Hall–Kier alpha value is -1.89. The molecule has 7 heteroatoms. The molecule has 0 saturated carbocycles. The van der Waals surface area contributed by atoms with Crippen LogP contribution in [-0.2, 0) is 6.54 Å². The number of hydrogen-bond acceptors (Lipinski definition) is 4. The van der Waals surface area contributed by atoms with Gasteiger partial charge < -0.3 is 15.6 Å². The summed E-state index contributed by atoms with van der Waals surface area (Å²) in [6, 6.07) is 1.22. The Labute approximate surface area is 124 Å². The molecule has 1 amide bonds. The Morgan fingerprint density at radius 3 is 2.71 bits per heavy atom. The molecule has 0 saturated heterocycles. The summed E-state index contributed by atoms with van der Waals surface area (Å²) in [5, 5.41) is 13.7. The molecule has 1 aromatic heterocycles. The number of aryl methyl sites for hydroxylation is 1. The van der Waals surface area contributed by atoms with Gasteiger partial charge >= 0.3 is 0 Å². The molecule has 1 atom stereocenters. The number of amides is 1. The number of carbonyl (C=O) groups is 1. The van der Waals surface area contributed by atoms with Gasteiger partial charge in [-0.2, -0.15) is 0 Å². The molecule has 0 spiro atoms. The fourth-order valence-electron chi connectivity index (χ4n) is 2.17. The van der Waals surface area contributed by atoms with Crippen LogP contribution in [0.25, 0.3) is 0 Å². The highest BCUT2D eigenvalue weighted by molar-refractivity contribution is 5.93. The molecular weight excluding hydrogens is 272 g/mol. The van der Waals surface area contributed by atoms with Crippen molar-refractivity contribution >= 4 is 11.6 Å². The fraction of sp³-hybridized carbons (Fsp3) is 0.643. The highest BCUT2D eigenvalue weighted by atomic mass is 16.6. The Morgan fingerprint density at radius 1 is 1.48 bits per heavy atom. The minimum atomic E-state index is -0.486. The van der Waals surface area contributed by atoms with Gasteiger partial charge in [-0.05, 0) is 12.8 Å². The Morgan fingerprint density at radius 2 is 2.19 bits per heavy atom. The zero-order valence-corrected chi connectivity index (χ0v) is 12.7. The monoisotopic (exact) mass is 296 g/mol. The van der Waals surface area contributed by atoms with Crippen LogP contribution in [0.4, 0.5) is 5.69 Å². The molecule has 0 fully saturated rings. The van der Waals surface area contributed by atoms with Crippen LogP contribution in [0.2, 0.25) is 0 Å². The molecule has 7 nitrogen and oxygen atoms in total. The molecular formula is C14H24N4O3. The van der Waals surface area contributed by atoms with Gasteiger partial charge in [0.25, 0.3) is 11.6 Å². The minimum Gasteiger partial charge on any atom is -0.347 e. The van der Waals surface area contributed by atoms with Crippen LogP contribution in [0.1, 0.15) is 50.0 Å². The van der Waals surface area contributed by atoms with E-state index in [2.05, 4.69) is 12.2 Å². The Balaban J connectivity index is 2.86. The molecule has 0 aliphatic carbocycles. The maximum absolute atomic E-state index is 12.3. The lowest BCUT2D eigenvalue weighted by Crippen LogP contribution is -2.40. The van der Waals surface area contributed by atoms with Crippen LogP contribution in [0.5, 0.6) is 0 Å². The van der Waals surface area contributed by atoms with Crippen molar-refractivity contribution in [3.8, 4) is 0 Å². The average molecular weight is 296 g/mol.